The normalized spacial score (nSPS) is 11.7. The summed E-state index contributed by atoms with van der Waals surface area (Å²) in [6.07, 6.45) is 7.40. The zero-order valence-electron chi connectivity index (χ0n) is 16.0. The van der Waals surface area contributed by atoms with Gasteiger partial charge in [-0.15, -0.1) is 0 Å². The van der Waals surface area contributed by atoms with Gasteiger partial charge in [-0.25, -0.2) is 12.4 Å². The molecule has 9 heteroatoms. The van der Waals surface area contributed by atoms with E-state index in [2.05, 4.69) is 4.98 Å². The molecule has 0 unspecified atom stereocenters. The second kappa shape index (κ2) is 7.96. The Morgan fingerprint density at radius 3 is 2.35 bits per heavy atom. The minimum Gasteiger partial charge on any atom is -0.289 e. The fraction of sp³-hybridized carbons (Fsp3) is 0. The van der Waals surface area contributed by atoms with Gasteiger partial charge in [0.2, 0.25) is 0 Å². The number of benzene rings is 2. The molecule has 0 radical (unpaired) electrons. The van der Waals surface area contributed by atoms with E-state index in [1.165, 1.54) is 36.8 Å². The number of nitro benzene ring substituents is 1. The first-order valence-electron chi connectivity index (χ1n) is 9.10. The van der Waals surface area contributed by atoms with Crippen LogP contribution in [0.15, 0.2) is 90.2 Å². The van der Waals surface area contributed by atoms with Gasteiger partial charge in [0.05, 0.1) is 15.3 Å². The Labute approximate surface area is 177 Å². The number of ketones is 1. The highest BCUT2D eigenvalue weighted by molar-refractivity contribution is 7.90. The van der Waals surface area contributed by atoms with Crippen molar-refractivity contribution in [3.05, 3.63) is 107 Å². The van der Waals surface area contributed by atoms with E-state index in [1.807, 2.05) is 0 Å². The van der Waals surface area contributed by atoms with Crippen LogP contribution in [-0.2, 0) is 10.0 Å². The Morgan fingerprint density at radius 2 is 1.68 bits per heavy atom. The van der Waals surface area contributed by atoms with Gasteiger partial charge in [0.15, 0.2) is 5.78 Å². The van der Waals surface area contributed by atoms with Gasteiger partial charge in [-0.3, -0.25) is 19.9 Å². The Morgan fingerprint density at radius 1 is 1.00 bits per heavy atom. The van der Waals surface area contributed by atoms with Gasteiger partial charge in [0.1, 0.15) is 0 Å². The van der Waals surface area contributed by atoms with Crippen molar-refractivity contribution in [2.45, 2.75) is 4.90 Å². The van der Waals surface area contributed by atoms with Crippen molar-refractivity contribution in [2.75, 3.05) is 0 Å². The number of carbonyl (C=O) groups excluding carboxylic acids is 1. The van der Waals surface area contributed by atoms with E-state index in [1.54, 1.807) is 42.5 Å². The summed E-state index contributed by atoms with van der Waals surface area (Å²) < 4.78 is 27.5. The minimum absolute atomic E-state index is 0.0813. The lowest BCUT2D eigenvalue weighted by molar-refractivity contribution is -0.384. The van der Waals surface area contributed by atoms with Crippen LogP contribution in [-0.4, -0.2) is 28.1 Å². The topological polar surface area (TPSA) is 112 Å². The standard InChI is InChI=1S/C22H15N3O5S/c26-22(16-11-13-23-14-12-16)10-5-17-15-24(21-4-2-1-3-20(17)21)31(29,30)19-8-6-18(7-9-19)25(27)28/h1-15H/b10-5+. The maximum absolute atomic E-state index is 13.2. The smallest absolute Gasteiger partial charge is 0.269 e. The van der Waals surface area contributed by atoms with E-state index in [4.69, 9.17) is 0 Å². The van der Waals surface area contributed by atoms with Crippen LogP contribution in [0.1, 0.15) is 15.9 Å². The zero-order chi connectivity index (χ0) is 22.0. The molecule has 4 rings (SSSR count). The molecule has 0 saturated carbocycles. The Kier molecular flexibility index (Phi) is 5.18. The van der Waals surface area contributed by atoms with E-state index in [0.29, 0.717) is 22.0 Å². The SMILES string of the molecule is O=C(/C=C/c1cn(S(=O)(=O)c2ccc([N+](=O)[O-])cc2)c2ccccc12)c1ccncc1. The number of allylic oxidation sites excluding steroid dienone is 1. The number of rotatable bonds is 6. The lowest BCUT2D eigenvalue weighted by Crippen LogP contribution is -2.11. The molecule has 0 spiro atoms. The minimum atomic E-state index is -4.01. The molecule has 2 aromatic heterocycles. The quantitative estimate of drug-likeness (QED) is 0.196. The maximum Gasteiger partial charge on any atom is 0.269 e. The number of hydrogen-bond acceptors (Lipinski definition) is 6. The van der Waals surface area contributed by atoms with Crippen molar-refractivity contribution in [2.24, 2.45) is 0 Å². The average Bonchev–Trinajstić information content (AvgIpc) is 3.17. The highest BCUT2D eigenvalue weighted by atomic mass is 32.2. The first kappa shape index (κ1) is 20.2. The molecular weight excluding hydrogens is 418 g/mol. The molecular formula is C22H15N3O5S. The van der Waals surface area contributed by atoms with Crippen molar-refractivity contribution in [3.63, 3.8) is 0 Å². The highest BCUT2D eigenvalue weighted by Crippen LogP contribution is 2.27. The lowest BCUT2D eigenvalue weighted by Gasteiger charge is -2.07. The molecule has 8 nitrogen and oxygen atoms in total. The monoisotopic (exact) mass is 433 g/mol. The number of aromatic nitrogens is 2. The van der Waals surface area contributed by atoms with Gasteiger partial charge >= 0.3 is 0 Å². The number of non-ortho nitro benzene ring substituents is 1. The van der Waals surface area contributed by atoms with Crippen LogP contribution in [0.2, 0.25) is 0 Å². The molecule has 0 aliphatic carbocycles. The average molecular weight is 433 g/mol. The van der Waals surface area contributed by atoms with Crippen molar-refractivity contribution < 1.29 is 18.1 Å². The van der Waals surface area contributed by atoms with Crippen LogP contribution in [0.3, 0.4) is 0 Å². The van der Waals surface area contributed by atoms with Gasteiger partial charge in [-0.2, -0.15) is 0 Å². The number of nitrogens with zero attached hydrogens (tertiary/aromatic N) is 3. The van der Waals surface area contributed by atoms with Crippen LogP contribution in [0, 0.1) is 10.1 Å². The van der Waals surface area contributed by atoms with Gasteiger partial charge < -0.3 is 0 Å². The third-order valence-corrected chi connectivity index (χ3v) is 6.38. The van der Waals surface area contributed by atoms with Crippen LogP contribution in [0.25, 0.3) is 17.0 Å². The predicted octanol–water partition coefficient (Wildman–Crippen LogP) is 4.08. The largest absolute Gasteiger partial charge is 0.289 e. The summed E-state index contributed by atoms with van der Waals surface area (Å²) in [6, 6.07) is 14.8. The second-order valence-electron chi connectivity index (χ2n) is 6.59. The van der Waals surface area contributed by atoms with Crippen molar-refractivity contribution in [1.29, 1.82) is 0 Å². The van der Waals surface area contributed by atoms with Crippen LogP contribution < -0.4 is 0 Å². The summed E-state index contributed by atoms with van der Waals surface area (Å²) in [7, 11) is -4.01. The number of nitro groups is 1. The van der Waals surface area contributed by atoms with Gasteiger partial charge in [0, 0.05) is 47.2 Å². The second-order valence-corrected chi connectivity index (χ2v) is 8.40. The molecule has 0 aliphatic rings. The van der Waals surface area contributed by atoms with Crippen molar-refractivity contribution in [3.8, 4) is 0 Å². The van der Waals surface area contributed by atoms with Gasteiger partial charge in [0.25, 0.3) is 15.7 Å². The molecule has 0 amide bonds. The summed E-state index contributed by atoms with van der Waals surface area (Å²) in [5.74, 6) is -0.238. The van der Waals surface area contributed by atoms with Crippen LogP contribution >= 0.6 is 0 Å². The highest BCUT2D eigenvalue weighted by Gasteiger charge is 2.21. The molecule has 0 N–H and O–H groups in total. The van der Waals surface area contributed by atoms with E-state index in [9.17, 15) is 23.3 Å². The molecule has 0 saturated heterocycles. The Hall–Kier alpha value is -4.11. The third kappa shape index (κ3) is 3.86. The number of pyridine rings is 1. The van der Waals surface area contributed by atoms with E-state index >= 15 is 0 Å². The molecule has 2 heterocycles. The molecule has 4 aromatic rings. The van der Waals surface area contributed by atoms with E-state index < -0.39 is 14.9 Å². The summed E-state index contributed by atoms with van der Waals surface area (Å²) >= 11 is 0. The summed E-state index contributed by atoms with van der Waals surface area (Å²) in [4.78, 5) is 26.4. The fourth-order valence-electron chi connectivity index (χ4n) is 3.14. The number of fused-ring (bicyclic) bond motifs is 1. The first-order chi connectivity index (χ1) is 14.9. The molecule has 0 aliphatic heterocycles. The van der Waals surface area contributed by atoms with Gasteiger partial charge in [-0.1, -0.05) is 18.2 Å². The Balaban J connectivity index is 1.77. The Bertz CT molecular complexity index is 1420. The first-order valence-corrected chi connectivity index (χ1v) is 10.5. The molecule has 2 aromatic carbocycles. The zero-order valence-corrected chi connectivity index (χ0v) is 16.8. The summed E-state index contributed by atoms with van der Waals surface area (Å²) in [5, 5.41) is 11.5. The molecule has 0 atom stereocenters. The third-order valence-electron chi connectivity index (χ3n) is 4.69. The summed E-state index contributed by atoms with van der Waals surface area (Å²) in [6.45, 7) is 0. The number of carbonyl (C=O) groups is 1. The lowest BCUT2D eigenvalue weighted by atomic mass is 10.1. The van der Waals surface area contributed by atoms with Gasteiger partial charge in [-0.05, 0) is 42.5 Å². The number of hydrogen-bond donors (Lipinski definition) is 0. The summed E-state index contributed by atoms with van der Waals surface area (Å²) in [5.41, 5.74) is 1.24. The van der Waals surface area contributed by atoms with Crippen LogP contribution in [0.5, 0.6) is 0 Å². The molecule has 0 fully saturated rings. The van der Waals surface area contributed by atoms with Crippen molar-refractivity contribution in [1.82, 2.24) is 8.96 Å². The van der Waals surface area contributed by atoms with Crippen molar-refractivity contribution >= 4 is 38.5 Å². The van der Waals surface area contributed by atoms with Crippen LogP contribution in [0.4, 0.5) is 5.69 Å². The molecule has 154 valence electrons. The van der Waals surface area contributed by atoms with E-state index in [0.717, 1.165) is 16.1 Å². The van der Waals surface area contributed by atoms with E-state index in [-0.39, 0.29) is 16.4 Å². The molecule has 31 heavy (non-hydrogen) atoms. The fourth-order valence-corrected chi connectivity index (χ4v) is 4.52. The number of para-hydroxylation sites is 1. The maximum atomic E-state index is 13.2. The molecule has 0 bridgehead atoms. The predicted molar refractivity (Wildman–Crippen MR) is 115 cm³/mol.